The van der Waals surface area contributed by atoms with Crippen molar-refractivity contribution in [3.8, 4) is 0 Å². The average molecular weight is 571 g/mol. The van der Waals surface area contributed by atoms with Crippen LogP contribution in [-0.4, -0.2) is 32.3 Å². The molecule has 33 heavy (non-hydrogen) atoms. The molecule has 0 saturated heterocycles. The first-order valence-corrected chi connectivity index (χ1v) is 12.6. The minimum atomic E-state index is -0.298. The Morgan fingerprint density at radius 1 is 1.09 bits per heavy atom. The van der Waals surface area contributed by atoms with E-state index in [1.54, 1.807) is 12.1 Å². The van der Waals surface area contributed by atoms with Crippen molar-refractivity contribution in [2.75, 3.05) is 11.1 Å². The largest absolute Gasteiger partial charge is 0.345 e. The van der Waals surface area contributed by atoms with Crippen LogP contribution in [0.5, 0.6) is 0 Å². The first-order chi connectivity index (χ1) is 15.7. The molecule has 174 valence electrons. The first-order valence-electron chi connectivity index (χ1n) is 10.0. The molecule has 2 N–H and O–H groups in total. The zero-order valence-corrected chi connectivity index (χ0v) is 22.1. The zero-order valence-electron chi connectivity index (χ0n) is 18.2. The third kappa shape index (κ3) is 6.29. The monoisotopic (exact) mass is 569 g/mol. The molecule has 11 heteroatoms. The summed E-state index contributed by atoms with van der Waals surface area (Å²) in [6.07, 6.45) is 0. The molecule has 0 spiro atoms. The van der Waals surface area contributed by atoms with Crippen LogP contribution in [0.2, 0.25) is 10.0 Å². The van der Waals surface area contributed by atoms with Gasteiger partial charge in [0.1, 0.15) is 0 Å². The van der Waals surface area contributed by atoms with Crippen molar-refractivity contribution in [1.82, 2.24) is 20.1 Å². The molecule has 0 saturated carbocycles. The first kappa shape index (κ1) is 25.6. The molecule has 0 atom stereocenters. The Kier molecular flexibility index (Phi) is 8.81. The van der Waals surface area contributed by atoms with E-state index in [1.807, 2.05) is 37.5 Å². The molecule has 7 nitrogen and oxygen atoms in total. The summed E-state index contributed by atoms with van der Waals surface area (Å²) >= 11 is 16.7. The Hall–Kier alpha value is -2.07. The number of nitrogens with one attached hydrogen (secondary N) is 2. The fourth-order valence-electron chi connectivity index (χ4n) is 3.01. The molecule has 0 unspecified atom stereocenters. The lowest BCUT2D eigenvalue weighted by Crippen LogP contribution is -2.24. The van der Waals surface area contributed by atoms with Crippen molar-refractivity contribution < 1.29 is 9.59 Å². The lowest BCUT2D eigenvalue weighted by atomic mass is 10.1. The van der Waals surface area contributed by atoms with Gasteiger partial charge in [0.25, 0.3) is 5.91 Å². The Balaban J connectivity index is 1.60. The van der Waals surface area contributed by atoms with Gasteiger partial charge >= 0.3 is 0 Å². The van der Waals surface area contributed by atoms with Crippen molar-refractivity contribution in [3.63, 3.8) is 0 Å². The number of hydrogen-bond acceptors (Lipinski definition) is 5. The highest BCUT2D eigenvalue weighted by molar-refractivity contribution is 9.10. The minimum absolute atomic E-state index is 0.134. The van der Waals surface area contributed by atoms with Crippen LogP contribution < -0.4 is 10.6 Å². The van der Waals surface area contributed by atoms with Gasteiger partial charge in [-0.3, -0.25) is 9.59 Å². The molecule has 0 radical (unpaired) electrons. The number of thioether (sulfide) groups is 1. The Bertz CT molecular complexity index is 1200. The second kappa shape index (κ2) is 11.4. The molecular weight excluding hydrogens is 549 g/mol. The summed E-state index contributed by atoms with van der Waals surface area (Å²) in [5.74, 6) is 0.341. The molecule has 2 amide bonds. The molecule has 1 aromatic heterocycles. The van der Waals surface area contributed by atoms with Crippen molar-refractivity contribution in [3.05, 3.63) is 67.4 Å². The van der Waals surface area contributed by atoms with Gasteiger partial charge in [-0.25, -0.2) is 0 Å². The van der Waals surface area contributed by atoms with Gasteiger partial charge in [0.15, 0.2) is 11.0 Å². The number of benzene rings is 2. The van der Waals surface area contributed by atoms with Crippen LogP contribution >= 0.6 is 50.9 Å². The van der Waals surface area contributed by atoms with E-state index in [0.717, 1.165) is 21.3 Å². The number of aromatic nitrogens is 3. The van der Waals surface area contributed by atoms with Crippen LogP contribution in [0.3, 0.4) is 0 Å². The second-order valence-electron chi connectivity index (χ2n) is 7.14. The van der Waals surface area contributed by atoms with Crippen molar-refractivity contribution in [2.24, 2.45) is 0 Å². The standard InChI is InChI=1S/C22H22BrCl2N5O2S/c1-4-30-19(10-26-21(32)14-5-7-16(24)17(25)9-14)28-29-22(30)33-11-20(31)27-18-8-6-15(23)12(2)13(18)3/h5-9H,4,10-11H2,1-3H3,(H,26,32)(H,27,31). The van der Waals surface area contributed by atoms with Gasteiger partial charge < -0.3 is 15.2 Å². The van der Waals surface area contributed by atoms with Crippen LogP contribution in [0.15, 0.2) is 40.0 Å². The quantitative estimate of drug-likeness (QED) is 0.342. The molecule has 0 aliphatic carbocycles. The highest BCUT2D eigenvalue weighted by Gasteiger charge is 2.16. The molecule has 3 aromatic rings. The number of anilines is 1. The second-order valence-corrected chi connectivity index (χ2v) is 9.75. The topological polar surface area (TPSA) is 88.9 Å². The lowest BCUT2D eigenvalue weighted by molar-refractivity contribution is -0.113. The fourth-order valence-corrected chi connectivity index (χ4v) is 4.56. The minimum Gasteiger partial charge on any atom is -0.345 e. The predicted octanol–water partition coefficient (Wildman–Crippen LogP) is 5.64. The number of nitrogens with zero attached hydrogens (tertiary/aromatic N) is 3. The Labute approximate surface area is 214 Å². The van der Waals surface area contributed by atoms with Crippen molar-refractivity contribution in [2.45, 2.75) is 39.0 Å². The number of amides is 2. The average Bonchev–Trinajstić information content (AvgIpc) is 3.20. The number of halogens is 3. The summed E-state index contributed by atoms with van der Waals surface area (Å²) in [5, 5.41) is 15.4. The van der Waals surface area contributed by atoms with Gasteiger partial charge in [0, 0.05) is 22.3 Å². The van der Waals surface area contributed by atoms with E-state index >= 15 is 0 Å². The summed E-state index contributed by atoms with van der Waals surface area (Å²) in [4.78, 5) is 24.9. The molecule has 2 aromatic carbocycles. The maximum Gasteiger partial charge on any atom is 0.251 e. The highest BCUT2D eigenvalue weighted by atomic mass is 79.9. The van der Waals surface area contributed by atoms with E-state index in [1.165, 1.54) is 17.8 Å². The highest BCUT2D eigenvalue weighted by Crippen LogP contribution is 2.26. The van der Waals surface area contributed by atoms with E-state index in [4.69, 9.17) is 23.2 Å². The summed E-state index contributed by atoms with van der Waals surface area (Å²) in [7, 11) is 0. The zero-order chi connectivity index (χ0) is 24.1. The maximum absolute atomic E-state index is 12.5. The molecule has 0 aliphatic rings. The third-order valence-corrected chi connectivity index (χ3v) is 7.59. The van der Waals surface area contributed by atoms with E-state index in [9.17, 15) is 9.59 Å². The van der Waals surface area contributed by atoms with Crippen molar-refractivity contribution in [1.29, 1.82) is 0 Å². The molecule has 0 bridgehead atoms. The third-order valence-electron chi connectivity index (χ3n) is 5.03. The van der Waals surface area contributed by atoms with Crippen LogP contribution in [0.1, 0.15) is 34.2 Å². The number of carbonyl (C=O) groups is 2. The van der Waals surface area contributed by atoms with E-state index in [-0.39, 0.29) is 24.1 Å². The van der Waals surface area contributed by atoms with E-state index in [0.29, 0.717) is 33.1 Å². The Morgan fingerprint density at radius 3 is 2.55 bits per heavy atom. The van der Waals surface area contributed by atoms with Crippen LogP contribution in [0.25, 0.3) is 0 Å². The van der Waals surface area contributed by atoms with Crippen LogP contribution in [0.4, 0.5) is 5.69 Å². The molecule has 3 rings (SSSR count). The van der Waals surface area contributed by atoms with E-state index < -0.39 is 0 Å². The number of carbonyl (C=O) groups excluding carboxylic acids is 2. The van der Waals surface area contributed by atoms with Crippen LogP contribution in [0, 0.1) is 13.8 Å². The Morgan fingerprint density at radius 2 is 1.85 bits per heavy atom. The van der Waals surface area contributed by atoms with Gasteiger partial charge in [-0.15, -0.1) is 10.2 Å². The maximum atomic E-state index is 12.5. The summed E-state index contributed by atoms with van der Waals surface area (Å²) < 4.78 is 2.87. The smallest absolute Gasteiger partial charge is 0.251 e. The molecular formula is C22H22BrCl2N5O2S. The predicted molar refractivity (Wildman–Crippen MR) is 136 cm³/mol. The summed E-state index contributed by atoms with van der Waals surface area (Å²) in [5.41, 5.74) is 3.28. The van der Waals surface area contributed by atoms with E-state index in [2.05, 4.69) is 36.8 Å². The number of rotatable bonds is 8. The molecule has 1 heterocycles. The van der Waals surface area contributed by atoms with Gasteiger partial charge in [0.05, 0.1) is 22.3 Å². The molecule has 0 aliphatic heterocycles. The number of hydrogen-bond donors (Lipinski definition) is 2. The van der Waals surface area contributed by atoms with Gasteiger partial charge in [-0.2, -0.15) is 0 Å². The lowest BCUT2D eigenvalue weighted by Gasteiger charge is -2.12. The normalized spacial score (nSPS) is 10.8. The van der Waals surface area contributed by atoms with Crippen LogP contribution in [-0.2, 0) is 17.9 Å². The summed E-state index contributed by atoms with van der Waals surface area (Å²) in [6, 6.07) is 8.47. The fraction of sp³-hybridized carbons (Fsp3) is 0.273. The summed E-state index contributed by atoms with van der Waals surface area (Å²) in [6.45, 7) is 6.69. The molecule has 0 fully saturated rings. The van der Waals surface area contributed by atoms with Gasteiger partial charge in [-0.05, 0) is 62.2 Å². The van der Waals surface area contributed by atoms with Gasteiger partial charge in [-0.1, -0.05) is 50.9 Å². The van der Waals surface area contributed by atoms with Gasteiger partial charge in [0.2, 0.25) is 5.91 Å². The van der Waals surface area contributed by atoms with Crippen molar-refractivity contribution >= 4 is 68.4 Å². The SMILES string of the molecule is CCn1c(CNC(=O)c2ccc(Cl)c(Cl)c2)nnc1SCC(=O)Nc1ccc(Br)c(C)c1C.